The second-order valence-corrected chi connectivity index (χ2v) is 5.97. The topological polar surface area (TPSA) is 26.3 Å². The van der Waals surface area contributed by atoms with Crippen molar-refractivity contribution in [2.24, 2.45) is 5.41 Å². The van der Waals surface area contributed by atoms with Gasteiger partial charge < -0.3 is 4.74 Å². The standard InChI is InChI=1S/C17H19ClO2/c1-4-17(2,3)16(19)20-11-12-7-5-9-14-13(12)8-6-10-15(14)18/h5-10H,4,11H2,1-3H3. The first-order valence-electron chi connectivity index (χ1n) is 6.79. The number of ether oxygens (including phenoxy) is 1. The summed E-state index contributed by atoms with van der Waals surface area (Å²) in [6.45, 7) is 6.06. The molecule has 0 saturated heterocycles. The lowest BCUT2D eigenvalue weighted by molar-refractivity contribution is -0.155. The highest BCUT2D eigenvalue weighted by molar-refractivity contribution is 6.35. The molecule has 0 aliphatic carbocycles. The number of hydrogen-bond acceptors (Lipinski definition) is 2. The molecule has 0 unspecified atom stereocenters. The Bertz CT molecular complexity index is 632. The molecule has 0 aliphatic heterocycles. The number of halogens is 1. The maximum atomic E-state index is 12.0. The van der Waals surface area contributed by atoms with E-state index in [1.807, 2.05) is 57.2 Å². The Kier molecular flexibility index (Phi) is 4.34. The highest BCUT2D eigenvalue weighted by Crippen LogP contribution is 2.27. The van der Waals surface area contributed by atoms with Gasteiger partial charge in [-0.3, -0.25) is 4.79 Å². The van der Waals surface area contributed by atoms with Crippen LogP contribution in [0.15, 0.2) is 36.4 Å². The summed E-state index contributed by atoms with van der Waals surface area (Å²) >= 11 is 6.18. The van der Waals surface area contributed by atoms with E-state index in [1.54, 1.807) is 0 Å². The Morgan fingerprint density at radius 1 is 1.15 bits per heavy atom. The van der Waals surface area contributed by atoms with Crippen LogP contribution in [0.25, 0.3) is 10.8 Å². The molecular weight excluding hydrogens is 272 g/mol. The Morgan fingerprint density at radius 3 is 2.50 bits per heavy atom. The summed E-state index contributed by atoms with van der Waals surface area (Å²) in [5.41, 5.74) is 0.535. The van der Waals surface area contributed by atoms with E-state index < -0.39 is 5.41 Å². The van der Waals surface area contributed by atoms with Gasteiger partial charge in [-0.25, -0.2) is 0 Å². The Labute approximate surface area is 124 Å². The summed E-state index contributed by atoms with van der Waals surface area (Å²) in [6.07, 6.45) is 0.757. The second-order valence-electron chi connectivity index (χ2n) is 5.57. The van der Waals surface area contributed by atoms with Gasteiger partial charge in [-0.1, -0.05) is 48.9 Å². The summed E-state index contributed by atoms with van der Waals surface area (Å²) in [7, 11) is 0. The molecule has 0 N–H and O–H groups in total. The van der Waals surface area contributed by atoms with Gasteiger partial charge in [-0.15, -0.1) is 0 Å². The minimum absolute atomic E-state index is 0.168. The van der Waals surface area contributed by atoms with Gasteiger partial charge >= 0.3 is 5.97 Å². The summed E-state index contributed by atoms with van der Waals surface area (Å²) in [4.78, 5) is 12.0. The first-order chi connectivity index (χ1) is 9.45. The lowest BCUT2D eigenvalue weighted by Crippen LogP contribution is -2.25. The van der Waals surface area contributed by atoms with E-state index in [-0.39, 0.29) is 12.6 Å². The molecule has 0 amide bonds. The fourth-order valence-corrected chi connectivity index (χ4v) is 2.18. The van der Waals surface area contributed by atoms with Gasteiger partial charge in [-0.05, 0) is 37.3 Å². The largest absolute Gasteiger partial charge is 0.460 e. The average molecular weight is 291 g/mol. The van der Waals surface area contributed by atoms with Crippen molar-refractivity contribution in [2.45, 2.75) is 33.8 Å². The van der Waals surface area contributed by atoms with Gasteiger partial charge in [0.05, 0.1) is 5.41 Å². The van der Waals surface area contributed by atoms with E-state index in [9.17, 15) is 4.79 Å². The van der Waals surface area contributed by atoms with E-state index in [0.717, 1.165) is 22.8 Å². The predicted molar refractivity (Wildman–Crippen MR) is 82.8 cm³/mol. The molecule has 0 atom stereocenters. The van der Waals surface area contributed by atoms with Gasteiger partial charge in [0.15, 0.2) is 0 Å². The number of carbonyl (C=O) groups is 1. The maximum absolute atomic E-state index is 12.0. The molecule has 0 bridgehead atoms. The SMILES string of the molecule is CCC(C)(C)C(=O)OCc1cccc2c(Cl)cccc12. The molecule has 0 fully saturated rings. The number of esters is 1. The zero-order valence-corrected chi connectivity index (χ0v) is 12.8. The van der Waals surface area contributed by atoms with E-state index in [1.165, 1.54) is 0 Å². The second kappa shape index (κ2) is 5.84. The summed E-state index contributed by atoms with van der Waals surface area (Å²) in [5, 5.41) is 2.73. The van der Waals surface area contributed by atoms with Crippen LogP contribution in [0.3, 0.4) is 0 Å². The van der Waals surface area contributed by atoms with Crippen molar-refractivity contribution in [3.63, 3.8) is 0 Å². The molecule has 0 radical (unpaired) electrons. The molecule has 0 saturated carbocycles. The summed E-state index contributed by atoms with van der Waals surface area (Å²) in [6, 6.07) is 11.6. The monoisotopic (exact) mass is 290 g/mol. The molecule has 2 nitrogen and oxygen atoms in total. The van der Waals surface area contributed by atoms with Gasteiger partial charge in [0.1, 0.15) is 6.61 Å². The third-order valence-electron chi connectivity index (χ3n) is 3.75. The quantitative estimate of drug-likeness (QED) is 0.743. The molecule has 2 aromatic carbocycles. The summed E-state index contributed by atoms with van der Waals surface area (Å²) in [5.74, 6) is -0.168. The third kappa shape index (κ3) is 2.96. The fraction of sp³-hybridized carbons (Fsp3) is 0.353. The predicted octanol–water partition coefficient (Wildman–Crippen LogP) is 4.97. The van der Waals surface area contributed by atoms with Crippen LogP contribution in [0, 0.1) is 5.41 Å². The molecular formula is C17H19ClO2. The number of benzene rings is 2. The molecule has 2 rings (SSSR count). The molecule has 2 aromatic rings. The minimum atomic E-state index is -0.442. The highest BCUT2D eigenvalue weighted by Gasteiger charge is 2.27. The molecule has 106 valence electrons. The van der Waals surface area contributed by atoms with Gasteiger partial charge in [0.2, 0.25) is 0 Å². The van der Waals surface area contributed by atoms with Crippen molar-refractivity contribution >= 4 is 28.3 Å². The number of rotatable bonds is 4. The van der Waals surface area contributed by atoms with Gasteiger partial charge in [0.25, 0.3) is 0 Å². The number of hydrogen-bond donors (Lipinski definition) is 0. The molecule has 0 aromatic heterocycles. The highest BCUT2D eigenvalue weighted by atomic mass is 35.5. The van der Waals surface area contributed by atoms with Crippen molar-refractivity contribution in [3.8, 4) is 0 Å². The Hall–Kier alpha value is -1.54. The molecule has 0 spiro atoms. The fourth-order valence-electron chi connectivity index (χ4n) is 1.95. The molecule has 20 heavy (non-hydrogen) atoms. The van der Waals surface area contributed by atoms with E-state index in [2.05, 4.69) is 0 Å². The van der Waals surface area contributed by atoms with Crippen molar-refractivity contribution in [1.82, 2.24) is 0 Å². The van der Waals surface area contributed by atoms with Crippen LogP contribution < -0.4 is 0 Å². The molecule has 0 aliphatic rings. The Balaban J connectivity index is 2.23. The first kappa shape index (κ1) is 14.9. The van der Waals surface area contributed by atoms with Crippen molar-refractivity contribution in [1.29, 1.82) is 0 Å². The van der Waals surface area contributed by atoms with Crippen LogP contribution in [0.1, 0.15) is 32.8 Å². The van der Waals surface area contributed by atoms with Crippen LogP contribution in [-0.2, 0) is 16.1 Å². The summed E-state index contributed by atoms with van der Waals surface area (Å²) < 4.78 is 5.45. The lowest BCUT2D eigenvalue weighted by atomic mass is 9.91. The maximum Gasteiger partial charge on any atom is 0.311 e. The van der Waals surface area contributed by atoms with E-state index in [0.29, 0.717) is 5.02 Å². The molecule has 3 heteroatoms. The minimum Gasteiger partial charge on any atom is -0.460 e. The zero-order valence-electron chi connectivity index (χ0n) is 12.1. The lowest BCUT2D eigenvalue weighted by Gasteiger charge is -2.20. The number of carbonyl (C=O) groups excluding carboxylic acids is 1. The van der Waals surface area contributed by atoms with Crippen LogP contribution in [0.2, 0.25) is 5.02 Å². The normalized spacial score (nSPS) is 11.6. The first-order valence-corrected chi connectivity index (χ1v) is 7.17. The number of fused-ring (bicyclic) bond motifs is 1. The van der Waals surface area contributed by atoms with Gasteiger partial charge in [0, 0.05) is 10.4 Å². The van der Waals surface area contributed by atoms with E-state index in [4.69, 9.17) is 16.3 Å². The van der Waals surface area contributed by atoms with Crippen molar-refractivity contribution in [3.05, 3.63) is 47.0 Å². The Morgan fingerprint density at radius 2 is 1.80 bits per heavy atom. The van der Waals surface area contributed by atoms with Crippen molar-refractivity contribution < 1.29 is 9.53 Å². The third-order valence-corrected chi connectivity index (χ3v) is 4.08. The van der Waals surface area contributed by atoms with E-state index >= 15 is 0 Å². The van der Waals surface area contributed by atoms with Crippen LogP contribution >= 0.6 is 11.6 Å². The molecule has 0 heterocycles. The zero-order chi connectivity index (χ0) is 14.8. The van der Waals surface area contributed by atoms with Gasteiger partial charge in [-0.2, -0.15) is 0 Å². The van der Waals surface area contributed by atoms with Crippen LogP contribution in [0.4, 0.5) is 0 Å². The van der Waals surface area contributed by atoms with Crippen LogP contribution in [-0.4, -0.2) is 5.97 Å². The smallest absolute Gasteiger partial charge is 0.311 e. The van der Waals surface area contributed by atoms with Crippen LogP contribution in [0.5, 0.6) is 0 Å². The van der Waals surface area contributed by atoms with Crippen molar-refractivity contribution in [2.75, 3.05) is 0 Å². The average Bonchev–Trinajstić information content (AvgIpc) is 2.45.